The fraction of sp³-hybridized carbons (Fsp3) is 0.556. The minimum absolute atomic E-state index is 0.265. The second-order valence-corrected chi connectivity index (χ2v) is 11.2. The van der Waals surface area contributed by atoms with Gasteiger partial charge in [0, 0.05) is 12.5 Å². The van der Waals surface area contributed by atoms with Crippen LogP contribution in [0.4, 0.5) is 5.82 Å². The van der Waals surface area contributed by atoms with Gasteiger partial charge in [0.15, 0.2) is 17.7 Å². The summed E-state index contributed by atoms with van der Waals surface area (Å²) < 4.78 is 7.65. The molecule has 0 bridgehead atoms. The lowest BCUT2D eigenvalue weighted by Gasteiger charge is -2.36. The van der Waals surface area contributed by atoms with Gasteiger partial charge < -0.3 is 31.0 Å². The number of aromatic amines is 1. The molecule has 200 valence electrons. The number of nitrogens with zero attached hydrogens (tertiary/aromatic N) is 5. The first-order valence-electron chi connectivity index (χ1n) is 13.7. The summed E-state index contributed by atoms with van der Waals surface area (Å²) in [4.78, 5) is 20.7. The summed E-state index contributed by atoms with van der Waals surface area (Å²) >= 11 is 0. The number of anilines is 1. The molecule has 4 heterocycles. The number of benzene rings is 1. The molecule has 6 N–H and O–H groups in total. The number of aryl methyl sites for hydroxylation is 1. The monoisotopic (exact) mass is 518 g/mol. The van der Waals surface area contributed by atoms with Crippen molar-refractivity contribution in [2.45, 2.75) is 81.4 Å². The van der Waals surface area contributed by atoms with E-state index in [0.29, 0.717) is 36.1 Å². The van der Waals surface area contributed by atoms with Crippen LogP contribution >= 0.6 is 0 Å². The number of nitrogens with two attached hydrogens (primary N) is 1. The number of H-pyrrole nitrogens is 1. The molecule has 3 fully saturated rings. The van der Waals surface area contributed by atoms with Gasteiger partial charge in [-0.15, -0.1) is 0 Å². The van der Waals surface area contributed by atoms with Crippen LogP contribution in [0, 0.1) is 5.92 Å². The maximum absolute atomic E-state index is 10.6. The topological polar surface area (TPSA) is 160 Å². The quantitative estimate of drug-likeness (QED) is 0.224. The van der Waals surface area contributed by atoms with Gasteiger partial charge in [0.2, 0.25) is 0 Å². The molecule has 1 aromatic carbocycles. The molecule has 1 saturated heterocycles. The first-order valence-corrected chi connectivity index (χ1v) is 13.7. The van der Waals surface area contributed by atoms with Crippen molar-refractivity contribution in [3.8, 4) is 0 Å². The van der Waals surface area contributed by atoms with Gasteiger partial charge in [0.05, 0.1) is 23.5 Å². The normalized spacial score (nSPS) is 29.3. The Labute approximate surface area is 219 Å². The Morgan fingerprint density at radius 1 is 1.11 bits per heavy atom. The Balaban J connectivity index is 0.861. The maximum atomic E-state index is 10.6. The van der Waals surface area contributed by atoms with Crippen molar-refractivity contribution in [3.63, 3.8) is 0 Å². The van der Waals surface area contributed by atoms with Gasteiger partial charge in [-0.2, -0.15) is 0 Å². The van der Waals surface area contributed by atoms with Crippen molar-refractivity contribution in [3.05, 3.63) is 42.2 Å². The lowest BCUT2D eigenvalue weighted by Crippen LogP contribution is -2.43. The standard InChI is InChI=1S/C27H34N8O3/c28-25-22-26(31-12-30-25)35(13-32-22)27-24(37)23(36)20(38-27)7-8-29-17-9-14(10-17)1-6-21-33-18-5-4-16(15-2-3-15)11-19(18)34-21/h4-5,11-15,17,20,23-24,27,29,36-37H,1-3,6-10H2,(H,33,34)(H2,28,30,31)/t14-,17-,20-,23-,24-,27-/m1/s1. The van der Waals surface area contributed by atoms with Crippen molar-refractivity contribution < 1.29 is 14.9 Å². The second kappa shape index (κ2) is 9.57. The SMILES string of the molecule is Nc1ncnc2c1ncn2[C@@H]1O[C@H](CCN[C@H]2C[C@H](CCc3nc4cc(C5CC5)ccc4[nH]3)C2)[C@@H](O)[C@H]1O. The highest BCUT2D eigenvalue weighted by Gasteiger charge is 2.44. The average molecular weight is 519 g/mol. The molecule has 38 heavy (non-hydrogen) atoms. The molecule has 2 aliphatic carbocycles. The number of aliphatic hydroxyl groups is 2. The van der Waals surface area contributed by atoms with E-state index in [0.717, 1.165) is 48.5 Å². The van der Waals surface area contributed by atoms with Crippen LogP contribution in [0.2, 0.25) is 0 Å². The van der Waals surface area contributed by atoms with Crippen LogP contribution in [0.15, 0.2) is 30.9 Å². The summed E-state index contributed by atoms with van der Waals surface area (Å²) in [6.45, 7) is 0.714. The van der Waals surface area contributed by atoms with Crippen molar-refractivity contribution in [2.24, 2.45) is 5.92 Å². The van der Waals surface area contributed by atoms with Gasteiger partial charge in [-0.3, -0.25) is 4.57 Å². The first-order chi connectivity index (χ1) is 18.5. The fourth-order valence-electron chi connectivity index (χ4n) is 6.03. The van der Waals surface area contributed by atoms with Crippen molar-refractivity contribution in [2.75, 3.05) is 12.3 Å². The number of hydrogen-bond acceptors (Lipinski definition) is 9. The minimum atomic E-state index is -1.08. The molecule has 11 nitrogen and oxygen atoms in total. The molecule has 1 aliphatic heterocycles. The third kappa shape index (κ3) is 4.43. The molecule has 3 aromatic heterocycles. The Bertz CT molecular complexity index is 1440. The molecule has 0 spiro atoms. The molecule has 0 amide bonds. The zero-order valence-electron chi connectivity index (χ0n) is 21.2. The van der Waals surface area contributed by atoms with Crippen LogP contribution in [0.25, 0.3) is 22.2 Å². The summed E-state index contributed by atoms with van der Waals surface area (Å²) in [6.07, 6.45) is 7.16. The van der Waals surface area contributed by atoms with Crippen molar-refractivity contribution in [1.82, 2.24) is 34.8 Å². The number of hydrogen-bond donors (Lipinski definition) is 5. The highest BCUT2D eigenvalue weighted by atomic mass is 16.6. The molecule has 4 aromatic rings. The summed E-state index contributed by atoms with van der Waals surface area (Å²) in [7, 11) is 0. The van der Waals surface area contributed by atoms with E-state index in [-0.39, 0.29) is 5.82 Å². The molecule has 11 heteroatoms. The summed E-state index contributed by atoms with van der Waals surface area (Å²) in [5.74, 6) is 2.80. The Morgan fingerprint density at radius 2 is 1.97 bits per heavy atom. The largest absolute Gasteiger partial charge is 0.388 e. The number of aromatic nitrogens is 6. The lowest BCUT2D eigenvalue weighted by atomic mass is 9.77. The molecule has 0 radical (unpaired) electrons. The number of nitrogen functional groups attached to an aromatic ring is 1. The zero-order valence-corrected chi connectivity index (χ0v) is 21.2. The predicted molar refractivity (Wildman–Crippen MR) is 141 cm³/mol. The molecule has 4 atom stereocenters. The van der Waals surface area contributed by atoms with E-state index >= 15 is 0 Å². The Kier molecular flexibility index (Phi) is 6.03. The molecule has 2 saturated carbocycles. The summed E-state index contributed by atoms with van der Waals surface area (Å²) in [6, 6.07) is 7.15. The van der Waals surface area contributed by atoms with Gasteiger partial charge in [-0.1, -0.05) is 6.07 Å². The van der Waals surface area contributed by atoms with E-state index in [4.69, 9.17) is 15.5 Å². The number of nitrogens with one attached hydrogen (secondary N) is 2. The fourth-order valence-corrected chi connectivity index (χ4v) is 6.03. The average Bonchev–Trinajstić information content (AvgIpc) is 3.43. The zero-order chi connectivity index (χ0) is 25.8. The third-order valence-corrected chi connectivity index (χ3v) is 8.49. The molecular formula is C27H34N8O3. The second-order valence-electron chi connectivity index (χ2n) is 11.2. The number of aliphatic hydroxyl groups excluding tert-OH is 2. The summed E-state index contributed by atoms with van der Waals surface area (Å²) in [5.41, 5.74) is 10.5. The van der Waals surface area contributed by atoms with Crippen LogP contribution in [0.5, 0.6) is 0 Å². The lowest BCUT2D eigenvalue weighted by molar-refractivity contribution is -0.0370. The predicted octanol–water partition coefficient (Wildman–Crippen LogP) is 2.17. The number of rotatable bonds is 9. The number of ether oxygens (including phenoxy) is 1. The van der Waals surface area contributed by atoms with E-state index in [1.807, 2.05) is 0 Å². The minimum Gasteiger partial charge on any atom is -0.388 e. The number of imidazole rings is 2. The van der Waals surface area contributed by atoms with E-state index in [1.54, 1.807) is 4.57 Å². The van der Waals surface area contributed by atoms with Gasteiger partial charge in [0.25, 0.3) is 0 Å². The van der Waals surface area contributed by atoms with E-state index < -0.39 is 24.5 Å². The number of fused-ring (bicyclic) bond motifs is 2. The maximum Gasteiger partial charge on any atom is 0.167 e. The molecule has 3 aliphatic rings. The van der Waals surface area contributed by atoms with Gasteiger partial charge in [0.1, 0.15) is 29.9 Å². The first kappa shape index (κ1) is 24.0. The van der Waals surface area contributed by atoms with Crippen molar-refractivity contribution >= 4 is 28.0 Å². The van der Waals surface area contributed by atoms with Crippen LogP contribution in [-0.2, 0) is 11.2 Å². The highest BCUT2D eigenvalue weighted by molar-refractivity contribution is 5.81. The van der Waals surface area contributed by atoms with Crippen LogP contribution in [-0.4, -0.2) is 70.6 Å². The van der Waals surface area contributed by atoms with Crippen molar-refractivity contribution in [1.29, 1.82) is 0 Å². The van der Waals surface area contributed by atoms with Gasteiger partial charge in [-0.25, -0.2) is 19.9 Å². The highest BCUT2D eigenvalue weighted by Crippen LogP contribution is 2.41. The smallest absolute Gasteiger partial charge is 0.167 e. The third-order valence-electron chi connectivity index (χ3n) is 8.49. The van der Waals surface area contributed by atoms with E-state index in [1.165, 1.54) is 31.1 Å². The molecule has 7 rings (SSSR count). The van der Waals surface area contributed by atoms with Crippen LogP contribution < -0.4 is 11.1 Å². The van der Waals surface area contributed by atoms with E-state index in [9.17, 15) is 10.2 Å². The summed E-state index contributed by atoms with van der Waals surface area (Å²) in [5, 5.41) is 24.8. The van der Waals surface area contributed by atoms with Crippen LogP contribution in [0.1, 0.15) is 62.1 Å². The Hall–Kier alpha value is -3.12. The Morgan fingerprint density at radius 3 is 2.82 bits per heavy atom. The van der Waals surface area contributed by atoms with E-state index in [2.05, 4.69) is 43.5 Å². The van der Waals surface area contributed by atoms with Crippen LogP contribution in [0.3, 0.4) is 0 Å². The van der Waals surface area contributed by atoms with Gasteiger partial charge in [-0.05, 0) is 74.6 Å². The molecular weight excluding hydrogens is 484 g/mol. The van der Waals surface area contributed by atoms with Gasteiger partial charge >= 0.3 is 0 Å². The molecule has 0 unspecified atom stereocenters.